The molecule has 0 spiro atoms. The maximum absolute atomic E-state index is 5.34. The Morgan fingerprint density at radius 3 is 2.57 bits per heavy atom. The van der Waals surface area contributed by atoms with Crippen LogP contribution in [-0.2, 0) is 0 Å². The highest BCUT2D eigenvalue weighted by atomic mass is 32.1. The van der Waals surface area contributed by atoms with E-state index in [9.17, 15) is 0 Å². The summed E-state index contributed by atoms with van der Waals surface area (Å²) in [4.78, 5) is 0. The summed E-state index contributed by atoms with van der Waals surface area (Å²) in [6, 6.07) is 8.51. The van der Waals surface area contributed by atoms with Gasteiger partial charge in [0.1, 0.15) is 0 Å². The minimum Gasteiger partial charge on any atom is -0.250 e. The molecule has 0 saturated heterocycles. The molecule has 2 aromatic rings. The zero-order valence-corrected chi connectivity index (χ0v) is 14.6. The van der Waals surface area contributed by atoms with Gasteiger partial charge in [-0.05, 0) is 42.1 Å². The van der Waals surface area contributed by atoms with Crippen LogP contribution in [0.1, 0.15) is 74.7 Å². The Kier molecular flexibility index (Phi) is 5.06. The lowest BCUT2D eigenvalue weighted by molar-refractivity contribution is 0.419. The number of aromatic nitrogens is 3. The van der Waals surface area contributed by atoms with Gasteiger partial charge in [0.2, 0.25) is 4.77 Å². The van der Waals surface area contributed by atoms with Crippen LogP contribution in [0.25, 0.3) is 0 Å². The molecule has 4 nitrogen and oxygen atoms in total. The normalized spacial score (nSPS) is 16.5. The predicted octanol–water partition coefficient (Wildman–Crippen LogP) is 4.99. The summed E-state index contributed by atoms with van der Waals surface area (Å²) in [6.45, 7) is 4.40. The van der Waals surface area contributed by atoms with E-state index < -0.39 is 0 Å². The van der Waals surface area contributed by atoms with Gasteiger partial charge in [-0.1, -0.05) is 57.4 Å². The minimum absolute atomic E-state index is 0.470. The standard InChI is InChI=1S/C18H24N4S/c1-13(2)15-10-8-14(9-11-15)12-19-22-17(20-21-18(22)23)16-6-4-3-5-7-16/h8-13,16H,3-7H2,1-2H3,(H,21,23)/b19-12-. The van der Waals surface area contributed by atoms with Gasteiger partial charge in [-0.3, -0.25) is 5.10 Å². The summed E-state index contributed by atoms with van der Waals surface area (Å²) in [6.07, 6.45) is 8.08. The molecule has 122 valence electrons. The monoisotopic (exact) mass is 328 g/mol. The van der Waals surface area contributed by atoms with Gasteiger partial charge in [-0.15, -0.1) is 0 Å². The first-order chi connectivity index (χ1) is 11.1. The molecular formula is C18H24N4S. The average Bonchev–Trinajstić information content (AvgIpc) is 2.95. The second-order valence-electron chi connectivity index (χ2n) is 6.60. The molecule has 1 fully saturated rings. The van der Waals surface area contributed by atoms with Crippen molar-refractivity contribution >= 4 is 18.4 Å². The molecule has 1 aliphatic rings. The fourth-order valence-corrected chi connectivity index (χ4v) is 3.32. The fraction of sp³-hybridized carbons (Fsp3) is 0.500. The zero-order chi connectivity index (χ0) is 16.2. The largest absolute Gasteiger partial charge is 0.250 e. The molecule has 1 aliphatic carbocycles. The predicted molar refractivity (Wildman–Crippen MR) is 96.8 cm³/mol. The summed E-state index contributed by atoms with van der Waals surface area (Å²) in [5, 5.41) is 11.9. The van der Waals surface area contributed by atoms with Crippen molar-refractivity contribution < 1.29 is 0 Å². The van der Waals surface area contributed by atoms with Crippen LogP contribution >= 0.6 is 12.2 Å². The van der Waals surface area contributed by atoms with E-state index >= 15 is 0 Å². The molecule has 0 atom stereocenters. The number of H-pyrrole nitrogens is 1. The van der Waals surface area contributed by atoms with Crippen molar-refractivity contribution in [2.24, 2.45) is 5.10 Å². The molecule has 3 rings (SSSR count). The fourth-order valence-electron chi connectivity index (χ4n) is 3.13. The van der Waals surface area contributed by atoms with E-state index in [0.29, 0.717) is 16.6 Å². The number of rotatable bonds is 4. The summed E-state index contributed by atoms with van der Waals surface area (Å²) in [5.41, 5.74) is 2.41. The molecular weight excluding hydrogens is 304 g/mol. The van der Waals surface area contributed by atoms with E-state index in [1.165, 1.54) is 37.7 Å². The van der Waals surface area contributed by atoms with E-state index in [4.69, 9.17) is 12.2 Å². The number of benzene rings is 1. The molecule has 5 heteroatoms. The Morgan fingerprint density at radius 2 is 1.91 bits per heavy atom. The highest BCUT2D eigenvalue weighted by Crippen LogP contribution is 2.31. The van der Waals surface area contributed by atoms with Crippen LogP contribution in [0.15, 0.2) is 29.4 Å². The number of aromatic amines is 1. The maximum Gasteiger partial charge on any atom is 0.216 e. The van der Waals surface area contributed by atoms with Crippen molar-refractivity contribution in [3.63, 3.8) is 0 Å². The summed E-state index contributed by atoms with van der Waals surface area (Å²) in [5.74, 6) is 1.99. The van der Waals surface area contributed by atoms with Crippen molar-refractivity contribution in [1.82, 2.24) is 14.9 Å². The van der Waals surface area contributed by atoms with Crippen molar-refractivity contribution in [2.45, 2.75) is 57.8 Å². The molecule has 23 heavy (non-hydrogen) atoms. The molecule has 1 heterocycles. The van der Waals surface area contributed by atoms with Crippen LogP contribution in [0.2, 0.25) is 0 Å². The first-order valence-electron chi connectivity index (χ1n) is 8.47. The third-order valence-corrected chi connectivity index (χ3v) is 4.84. The van der Waals surface area contributed by atoms with Crippen LogP contribution in [0.3, 0.4) is 0 Å². The van der Waals surface area contributed by atoms with E-state index in [0.717, 1.165) is 11.4 Å². The molecule has 0 aliphatic heterocycles. The smallest absolute Gasteiger partial charge is 0.216 e. The van der Waals surface area contributed by atoms with E-state index in [1.807, 2.05) is 6.21 Å². The van der Waals surface area contributed by atoms with Gasteiger partial charge in [0.05, 0.1) is 6.21 Å². The highest BCUT2D eigenvalue weighted by Gasteiger charge is 2.21. The third-order valence-electron chi connectivity index (χ3n) is 4.57. The van der Waals surface area contributed by atoms with Crippen molar-refractivity contribution in [1.29, 1.82) is 0 Å². The zero-order valence-electron chi connectivity index (χ0n) is 13.8. The Morgan fingerprint density at radius 1 is 1.22 bits per heavy atom. The summed E-state index contributed by atoms with van der Waals surface area (Å²) in [7, 11) is 0. The van der Waals surface area contributed by atoms with Gasteiger partial charge in [0.15, 0.2) is 5.82 Å². The Balaban J connectivity index is 1.81. The van der Waals surface area contributed by atoms with Crippen LogP contribution in [0, 0.1) is 4.77 Å². The van der Waals surface area contributed by atoms with Crippen molar-refractivity contribution in [2.75, 3.05) is 0 Å². The SMILES string of the molecule is CC(C)c1ccc(/C=N\n2c(C3CCCCC3)n[nH]c2=S)cc1. The van der Waals surface area contributed by atoms with Crippen LogP contribution in [0.5, 0.6) is 0 Å². The Bertz CT molecular complexity index is 718. The van der Waals surface area contributed by atoms with Crippen LogP contribution < -0.4 is 0 Å². The first-order valence-corrected chi connectivity index (χ1v) is 8.87. The molecule has 1 aromatic carbocycles. The molecule has 0 radical (unpaired) electrons. The van der Waals surface area contributed by atoms with Gasteiger partial charge in [-0.25, -0.2) is 0 Å². The lowest BCUT2D eigenvalue weighted by Crippen LogP contribution is -2.10. The Hall–Kier alpha value is -1.75. The van der Waals surface area contributed by atoms with Gasteiger partial charge < -0.3 is 0 Å². The molecule has 1 aromatic heterocycles. The van der Waals surface area contributed by atoms with Crippen molar-refractivity contribution in [3.05, 3.63) is 46.0 Å². The highest BCUT2D eigenvalue weighted by molar-refractivity contribution is 7.71. The number of nitrogens with zero attached hydrogens (tertiary/aromatic N) is 3. The summed E-state index contributed by atoms with van der Waals surface area (Å²) >= 11 is 5.34. The number of hydrogen-bond acceptors (Lipinski definition) is 3. The lowest BCUT2D eigenvalue weighted by atomic mass is 9.89. The van der Waals surface area contributed by atoms with Gasteiger partial charge >= 0.3 is 0 Å². The van der Waals surface area contributed by atoms with Gasteiger partial charge in [0.25, 0.3) is 0 Å². The second-order valence-corrected chi connectivity index (χ2v) is 6.99. The molecule has 1 saturated carbocycles. The Labute approximate surface area is 142 Å². The molecule has 0 amide bonds. The van der Waals surface area contributed by atoms with E-state index in [2.05, 4.69) is 53.4 Å². The maximum atomic E-state index is 5.34. The van der Waals surface area contributed by atoms with Crippen LogP contribution in [0.4, 0.5) is 0 Å². The average molecular weight is 328 g/mol. The van der Waals surface area contributed by atoms with Gasteiger partial charge in [-0.2, -0.15) is 14.9 Å². The lowest BCUT2D eigenvalue weighted by Gasteiger charge is -2.19. The number of nitrogens with one attached hydrogen (secondary N) is 1. The molecule has 0 bridgehead atoms. The number of hydrogen-bond donors (Lipinski definition) is 1. The van der Waals surface area contributed by atoms with E-state index in [-0.39, 0.29) is 0 Å². The first kappa shape index (κ1) is 16.1. The van der Waals surface area contributed by atoms with E-state index in [1.54, 1.807) is 4.68 Å². The minimum atomic E-state index is 0.470. The molecule has 1 N–H and O–H groups in total. The molecule has 0 unspecified atom stereocenters. The van der Waals surface area contributed by atoms with Gasteiger partial charge in [0, 0.05) is 5.92 Å². The second kappa shape index (κ2) is 7.21. The quantitative estimate of drug-likeness (QED) is 0.634. The topological polar surface area (TPSA) is 46.0 Å². The van der Waals surface area contributed by atoms with Crippen molar-refractivity contribution in [3.8, 4) is 0 Å². The summed E-state index contributed by atoms with van der Waals surface area (Å²) < 4.78 is 2.36. The van der Waals surface area contributed by atoms with Crippen LogP contribution in [-0.4, -0.2) is 21.1 Å². The third kappa shape index (κ3) is 3.78.